The van der Waals surface area contributed by atoms with Gasteiger partial charge in [-0.2, -0.15) is 10.2 Å². The number of nitrogens with zero attached hydrogens (tertiary/aromatic N) is 2. The van der Waals surface area contributed by atoms with Crippen molar-refractivity contribution in [2.75, 3.05) is 7.11 Å². The van der Waals surface area contributed by atoms with E-state index in [1.807, 2.05) is 0 Å². The summed E-state index contributed by atoms with van der Waals surface area (Å²) in [5.74, 6) is -0.767. The minimum atomic E-state index is -1.26. The maximum absolute atomic E-state index is 11.1. The van der Waals surface area contributed by atoms with Gasteiger partial charge >= 0.3 is 5.97 Å². The Morgan fingerprint density at radius 2 is 2.29 bits per heavy atom. The topological polar surface area (TPSA) is 68.1 Å². The number of hydrogen-bond donors (Lipinski definition) is 0. The summed E-state index contributed by atoms with van der Waals surface area (Å²) >= 11 is 9.12. The monoisotopic (exact) mass is 318 g/mol. The summed E-state index contributed by atoms with van der Waals surface area (Å²) in [6.07, 6.45) is 0.349. The SMILES string of the molecule is COC(=O)C(C=O)/N=N\c1ccc(Br)cc1Cl. The van der Waals surface area contributed by atoms with Gasteiger partial charge in [0.2, 0.25) is 6.04 Å². The van der Waals surface area contributed by atoms with Crippen LogP contribution in [0.5, 0.6) is 0 Å². The van der Waals surface area contributed by atoms with Gasteiger partial charge in [-0.25, -0.2) is 4.79 Å². The predicted molar refractivity (Wildman–Crippen MR) is 65.5 cm³/mol. The van der Waals surface area contributed by atoms with Crippen LogP contribution in [0, 0.1) is 0 Å². The van der Waals surface area contributed by atoms with Crippen LogP contribution in [0.25, 0.3) is 0 Å². The maximum Gasteiger partial charge on any atom is 0.340 e. The van der Waals surface area contributed by atoms with Gasteiger partial charge in [0.25, 0.3) is 0 Å². The minimum Gasteiger partial charge on any atom is -0.467 e. The molecule has 1 atom stereocenters. The number of esters is 1. The van der Waals surface area contributed by atoms with E-state index in [4.69, 9.17) is 11.6 Å². The Morgan fingerprint density at radius 3 is 2.82 bits per heavy atom. The van der Waals surface area contributed by atoms with Gasteiger partial charge in [0.1, 0.15) is 5.69 Å². The van der Waals surface area contributed by atoms with Gasteiger partial charge in [0, 0.05) is 4.47 Å². The van der Waals surface area contributed by atoms with Crippen molar-refractivity contribution in [3.8, 4) is 0 Å². The van der Waals surface area contributed by atoms with Crippen LogP contribution in [-0.4, -0.2) is 25.4 Å². The molecule has 1 rings (SSSR count). The van der Waals surface area contributed by atoms with E-state index in [2.05, 4.69) is 30.9 Å². The molecule has 0 aliphatic rings. The molecule has 1 unspecified atom stereocenters. The smallest absolute Gasteiger partial charge is 0.340 e. The van der Waals surface area contributed by atoms with Crippen molar-refractivity contribution in [1.82, 2.24) is 0 Å². The summed E-state index contributed by atoms with van der Waals surface area (Å²) < 4.78 is 5.17. The molecule has 0 bridgehead atoms. The van der Waals surface area contributed by atoms with Crippen molar-refractivity contribution in [1.29, 1.82) is 0 Å². The van der Waals surface area contributed by atoms with Gasteiger partial charge in [0.15, 0.2) is 6.29 Å². The average molecular weight is 320 g/mol. The van der Waals surface area contributed by atoms with Crippen molar-refractivity contribution in [2.24, 2.45) is 10.2 Å². The number of rotatable bonds is 4. The summed E-state index contributed by atoms with van der Waals surface area (Å²) in [7, 11) is 1.17. The van der Waals surface area contributed by atoms with Crippen LogP contribution < -0.4 is 0 Å². The molecular formula is C10H8BrClN2O3. The Bertz CT molecular complexity index is 465. The number of hydrogen-bond acceptors (Lipinski definition) is 5. The van der Waals surface area contributed by atoms with E-state index in [0.717, 1.165) is 4.47 Å². The molecule has 0 N–H and O–H groups in total. The van der Waals surface area contributed by atoms with Gasteiger partial charge in [-0.3, -0.25) is 0 Å². The quantitative estimate of drug-likeness (QED) is 0.371. The van der Waals surface area contributed by atoms with Crippen LogP contribution in [0.4, 0.5) is 5.69 Å². The highest BCUT2D eigenvalue weighted by Crippen LogP contribution is 2.28. The average Bonchev–Trinajstić information content (AvgIpc) is 2.31. The Morgan fingerprint density at radius 1 is 1.59 bits per heavy atom. The van der Waals surface area contributed by atoms with Crippen molar-refractivity contribution < 1.29 is 14.3 Å². The third-order valence-corrected chi connectivity index (χ3v) is 2.57. The number of ether oxygens (including phenoxy) is 1. The standard InChI is InChI=1S/C10H8BrClN2O3/c1-17-10(16)9(5-15)14-13-8-3-2-6(11)4-7(8)12/h2-5,9H,1H3/b14-13-. The van der Waals surface area contributed by atoms with E-state index in [1.54, 1.807) is 18.2 Å². The maximum atomic E-state index is 11.1. The van der Waals surface area contributed by atoms with Crippen LogP contribution in [0.1, 0.15) is 0 Å². The Balaban J connectivity index is 2.88. The third kappa shape index (κ3) is 3.90. The Labute approximate surface area is 111 Å². The normalized spacial score (nSPS) is 12.4. The molecule has 1 aromatic rings. The van der Waals surface area contributed by atoms with Gasteiger partial charge in [0.05, 0.1) is 12.1 Å². The second-order valence-corrected chi connectivity index (χ2v) is 4.24. The molecule has 0 heterocycles. The fraction of sp³-hybridized carbons (Fsp3) is 0.200. The largest absolute Gasteiger partial charge is 0.467 e. The lowest BCUT2D eigenvalue weighted by molar-refractivity contribution is -0.143. The molecule has 1 aromatic carbocycles. The van der Waals surface area contributed by atoms with Crippen molar-refractivity contribution in [2.45, 2.75) is 6.04 Å². The lowest BCUT2D eigenvalue weighted by Gasteiger charge is -2.01. The van der Waals surface area contributed by atoms with Crippen molar-refractivity contribution >= 4 is 45.5 Å². The second kappa shape index (κ2) is 6.46. The van der Waals surface area contributed by atoms with E-state index >= 15 is 0 Å². The number of aldehydes is 1. The molecular weight excluding hydrogens is 311 g/mol. The van der Waals surface area contributed by atoms with Gasteiger partial charge in [-0.05, 0) is 18.2 Å². The second-order valence-electron chi connectivity index (χ2n) is 2.92. The fourth-order valence-corrected chi connectivity index (χ4v) is 1.65. The Hall–Kier alpha value is -1.27. The first-order valence-corrected chi connectivity index (χ1v) is 5.64. The van der Waals surface area contributed by atoms with E-state index in [9.17, 15) is 9.59 Å². The molecule has 17 heavy (non-hydrogen) atoms. The van der Waals surface area contributed by atoms with Gasteiger partial charge < -0.3 is 9.53 Å². The number of benzene rings is 1. The van der Waals surface area contributed by atoms with E-state index in [1.165, 1.54) is 7.11 Å². The first-order valence-electron chi connectivity index (χ1n) is 4.47. The first-order chi connectivity index (χ1) is 8.08. The highest BCUT2D eigenvalue weighted by atomic mass is 79.9. The molecule has 90 valence electrons. The number of azo groups is 1. The predicted octanol–water partition coefficient (Wildman–Crippen LogP) is 2.93. The van der Waals surface area contributed by atoms with Crippen molar-refractivity contribution in [3.63, 3.8) is 0 Å². The van der Waals surface area contributed by atoms with E-state index in [-0.39, 0.29) is 0 Å². The summed E-state index contributed by atoms with van der Waals surface area (Å²) in [6, 6.07) is 3.69. The summed E-state index contributed by atoms with van der Waals surface area (Å²) in [5, 5.41) is 7.64. The number of carbonyl (C=O) groups is 2. The van der Waals surface area contributed by atoms with E-state index < -0.39 is 12.0 Å². The van der Waals surface area contributed by atoms with Crippen LogP contribution in [0.15, 0.2) is 32.9 Å². The lowest BCUT2D eigenvalue weighted by Crippen LogP contribution is -2.20. The summed E-state index contributed by atoms with van der Waals surface area (Å²) in [4.78, 5) is 21.6. The third-order valence-electron chi connectivity index (χ3n) is 1.77. The zero-order chi connectivity index (χ0) is 12.8. The summed E-state index contributed by atoms with van der Waals surface area (Å²) in [5.41, 5.74) is 0.366. The van der Waals surface area contributed by atoms with Crippen LogP contribution >= 0.6 is 27.5 Å². The molecule has 0 saturated carbocycles. The molecule has 0 aromatic heterocycles. The molecule has 0 aliphatic carbocycles. The molecule has 5 nitrogen and oxygen atoms in total. The van der Waals surface area contributed by atoms with Gasteiger partial charge in [-0.1, -0.05) is 27.5 Å². The number of halogens is 2. The van der Waals surface area contributed by atoms with E-state index in [0.29, 0.717) is 17.0 Å². The van der Waals surface area contributed by atoms with Crippen LogP contribution in [0.3, 0.4) is 0 Å². The molecule has 0 fully saturated rings. The first kappa shape index (κ1) is 13.8. The number of carbonyl (C=O) groups excluding carboxylic acids is 2. The highest BCUT2D eigenvalue weighted by Gasteiger charge is 2.17. The fourth-order valence-electron chi connectivity index (χ4n) is 0.937. The zero-order valence-corrected chi connectivity index (χ0v) is 11.1. The number of methoxy groups -OCH3 is 1. The molecule has 0 amide bonds. The molecule has 0 saturated heterocycles. The Kier molecular flexibility index (Phi) is 5.24. The molecule has 0 spiro atoms. The minimum absolute atomic E-state index is 0.349. The van der Waals surface area contributed by atoms with Crippen LogP contribution in [0.2, 0.25) is 5.02 Å². The molecule has 7 heteroatoms. The molecule has 0 aliphatic heterocycles. The van der Waals surface area contributed by atoms with Crippen molar-refractivity contribution in [3.05, 3.63) is 27.7 Å². The lowest BCUT2D eigenvalue weighted by atomic mass is 10.3. The van der Waals surface area contributed by atoms with Gasteiger partial charge in [-0.15, -0.1) is 0 Å². The zero-order valence-electron chi connectivity index (χ0n) is 8.76. The molecule has 0 radical (unpaired) electrons. The summed E-state index contributed by atoms with van der Waals surface area (Å²) in [6.45, 7) is 0. The van der Waals surface area contributed by atoms with Crippen LogP contribution in [-0.2, 0) is 14.3 Å². The highest BCUT2D eigenvalue weighted by molar-refractivity contribution is 9.10.